The number of aryl methyl sites for hydroxylation is 2. The molecule has 1 aliphatic rings. The van der Waals surface area contributed by atoms with Gasteiger partial charge in [-0.1, -0.05) is 6.58 Å². The molecule has 6 nitrogen and oxygen atoms in total. The van der Waals surface area contributed by atoms with E-state index in [1.165, 1.54) is 0 Å². The first-order valence-corrected chi connectivity index (χ1v) is 6.65. The molecule has 2 atom stereocenters. The highest BCUT2D eigenvalue weighted by atomic mass is 19.1. The Kier molecular flexibility index (Phi) is 3.85. The number of halogens is 1. The zero-order chi connectivity index (χ0) is 15.9. The van der Waals surface area contributed by atoms with Crippen LogP contribution in [0.15, 0.2) is 12.4 Å². The van der Waals surface area contributed by atoms with E-state index in [1.54, 1.807) is 16.6 Å². The number of nitrogens with one attached hydrogen (secondary N) is 1. The van der Waals surface area contributed by atoms with E-state index < -0.39 is 17.8 Å². The van der Waals surface area contributed by atoms with E-state index >= 15 is 0 Å². The molecule has 0 bridgehead atoms. The van der Waals surface area contributed by atoms with Crippen LogP contribution in [0.5, 0.6) is 0 Å². The van der Waals surface area contributed by atoms with Crippen molar-refractivity contribution in [3.8, 4) is 0 Å². The van der Waals surface area contributed by atoms with Gasteiger partial charge in [-0.2, -0.15) is 5.10 Å². The number of aromatic nitrogens is 2. The van der Waals surface area contributed by atoms with E-state index in [2.05, 4.69) is 17.0 Å². The van der Waals surface area contributed by atoms with Crippen molar-refractivity contribution in [2.75, 3.05) is 7.05 Å². The number of likely N-dealkylation sites (N-methyl/N-ethyl adjacent to an activating group) is 1. The Morgan fingerprint density at radius 2 is 2.05 bits per heavy atom. The highest BCUT2D eigenvalue weighted by Gasteiger charge is 2.42. The number of rotatable bonds is 3. The molecule has 114 valence electrons. The lowest BCUT2D eigenvalue weighted by molar-refractivity contribution is -0.127. The number of hydrogen-bond acceptors (Lipinski definition) is 3. The van der Waals surface area contributed by atoms with Crippen molar-refractivity contribution in [1.82, 2.24) is 20.0 Å². The molecule has 0 spiro atoms. The number of amides is 2. The maximum absolute atomic E-state index is 12.9. The van der Waals surface area contributed by atoms with Gasteiger partial charge in [0.05, 0.1) is 17.8 Å². The Balaban J connectivity index is 2.39. The Morgan fingerprint density at radius 3 is 2.52 bits per heavy atom. The van der Waals surface area contributed by atoms with E-state index in [1.807, 2.05) is 20.9 Å². The maximum Gasteiger partial charge on any atom is 0.279 e. The van der Waals surface area contributed by atoms with Gasteiger partial charge in [0.2, 0.25) is 5.91 Å². The summed E-state index contributed by atoms with van der Waals surface area (Å²) in [5.41, 5.74) is 2.60. The van der Waals surface area contributed by atoms with Crippen molar-refractivity contribution < 1.29 is 14.0 Å². The largest absolute Gasteiger partial charge is 0.344 e. The maximum atomic E-state index is 12.9. The second-order valence-corrected chi connectivity index (χ2v) is 5.35. The second-order valence-electron chi connectivity index (χ2n) is 5.35. The van der Waals surface area contributed by atoms with E-state index in [0.29, 0.717) is 0 Å². The number of likely N-dealkylation sites (tertiary alicyclic amines) is 1. The molecule has 0 aliphatic carbocycles. The van der Waals surface area contributed by atoms with Gasteiger partial charge in [0, 0.05) is 31.8 Å². The minimum absolute atomic E-state index is 0.0996. The molecule has 1 aliphatic heterocycles. The first-order chi connectivity index (χ1) is 9.73. The molecule has 0 radical (unpaired) electrons. The Morgan fingerprint density at radius 1 is 1.43 bits per heavy atom. The van der Waals surface area contributed by atoms with E-state index in [-0.39, 0.29) is 18.4 Å². The van der Waals surface area contributed by atoms with Crippen LogP contribution >= 0.6 is 0 Å². The molecule has 0 unspecified atom stereocenters. The van der Waals surface area contributed by atoms with Crippen LogP contribution in [0.4, 0.5) is 4.39 Å². The van der Waals surface area contributed by atoms with Crippen LogP contribution in [-0.4, -0.2) is 39.6 Å². The monoisotopic (exact) mass is 294 g/mol. The Labute approximate surface area is 122 Å². The molecule has 2 heterocycles. The predicted molar refractivity (Wildman–Crippen MR) is 75.0 cm³/mol. The standard InChI is InChI=1S/C14H19FN4O2/c1-7(15)14(21)16-10-6-11(20)18(4)13(10)12-8(2)17-19(5)9(12)3/h10,13H,1,6H2,2-5H3,(H,16,21)/t10-,13-/m0/s1. The first kappa shape index (κ1) is 15.2. The van der Waals surface area contributed by atoms with Crippen LogP contribution < -0.4 is 5.32 Å². The minimum Gasteiger partial charge on any atom is -0.344 e. The van der Waals surface area contributed by atoms with Gasteiger partial charge >= 0.3 is 0 Å². The van der Waals surface area contributed by atoms with Crippen molar-refractivity contribution in [3.05, 3.63) is 29.4 Å². The van der Waals surface area contributed by atoms with Crippen LogP contribution in [0.2, 0.25) is 0 Å². The second kappa shape index (κ2) is 5.31. The summed E-state index contributed by atoms with van der Waals surface area (Å²) in [6, 6.07) is -0.849. The summed E-state index contributed by atoms with van der Waals surface area (Å²) >= 11 is 0. The van der Waals surface area contributed by atoms with Crippen LogP contribution in [0.25, 0.3) is 0 Å². The van der Waals surface area contributed by atoms with Crippen molar-refractivity contribution in [1.29, 1.82) is 0 Å². The average Bonchev–Trinajstić information content (AvgIpc) is 2.79. The molecule has 0 saturated carbocycles. The molecule has 1 aromatic heterocycles. The Hall–Kier alpha value is -2.18. The van der Waals surface area contributed by atoms with Crippen molar-refractivity contribution >= 4 is 11.8 Å². The number of carbonyl (C=O) groups is 2. The quantitative estimate of drug-likeness (QED) is 0.843. The summed E-state index contributed by atoms with van der Waals surface area (Å²) in [6.07, 6.45) is 0.133. The summed E-state index contributed by atoms with van der Waals surface area (Å²) in [7, 11) is 3.49. The van der Waals surface area contributed by atoms with Crippen molar-refractivity contribution in [2.24, 2.45) is 7.05 Å². The van der Waals surface area contributed by atoms with Crippen LogP contribution in [0.1, 0.15) is 29.4 Å². The lowest BCUT2D eigenvalue weighted by Crippen LogP contribution is -2.39. The van der Waals surface area contributed by atoms with Gasteiger partial charge in [-0.15, -0.1) is 0 Å². The lowest BCUT2D eigenvalue weighted by Gasteiger charge is -2.26. The average molecular weight is 294 g/mol. The van der Waals surface area contributed by atoms with Crippen molar-refractivity contribution in [2.45, 2.75) is 32.4 Å². The van der Waals surface area contributed by atoms with E-state index in [4.69, 9.17) is 0 Å². The predicted octanol–water partition coefficient (Wildman–Crippen LogP) is 0.908. The molecule has 21 heavy (non-hydrogen) atoms. The van der Waals surface area contributed by atoms with E-state index in [0.717, 1.165) is 17.0 Å². The van der Waals surface area contributed by atoms with Gasteiger partial charge in [0.25, 0.3) is 5.91 Å². The van der Waals surface area contributed by atoms with Gasteiger partial charge in [-0.05, 0) is 13.8 Å². The molecule has 7 heteroatoms. The molecule has 2 amide bonds. The van der Waals surface area contributed by atoms with Gasteiger partial charge in [-0.3, -0.25) is 14.3 Å². The van der Waals surface area contributed by atoms with Crippen LogP contribution in [0, 0.1) is 13.8 Å². The fraction of sp³-hybridized carbons (Fsp3) is 0.500. The molecular weight excluding hydrogens is 275 g/mol. The van der Waals surface area contributed by atoms with Gasteiger partial charge in [0.15, 0.2) is 5.83 Å². The van der Waals surface area contributed by atoms with Crippen LogP contribution in [-0.2, 0) is 16.6 Å². The molecule has 1 saturated heterocycles. The minimum atomic E-state index is -1.06. The highest BCUT2D eigenvalue weighted by molar-refractivity contribution is 5.92. The Bertz CT molecular complexity index is 623. The van der Waals surface area contributed by atoms with Gasteiger partial charge < -0.3 is 10.2 Å². The number of hydrogen-bond donors (Lipinski definition) is 1. The third-order valence-corrected chi connectivity index (χ3v) is 4.01. The van der Waals surface area contributed by atoms with E-state index in [9.17, 15) is 14.0 Å². The summed E-state index contributed by atoms with van der Waals surface area (Å²) in [4.78, 5) is 25.1. The topological polar surface area (TPSA) is 67.2 Å². The zero-order valence-corrected chi connectivity index (χ0v) is 12.6. The van der Waals surface area contributed by atoms with Gasteiger partial charge in [0.1, 0.15) is 0 Å². The molecule has 1 aromatic rings. The molecule has 1 fully saturated rings. The third kappa shape index (κ3) is 2.55. The summed E-state index contributed by atoms with van der Waals surface area (Å²) in [5.74, 6) is -2.04. The number of nitrogens with zero attached hydrogens (tertiary/aromatic N) is 3. The molecule has 1 N–H and O–H groups in total. The lowest BCUT2D eigenvalue weighted by atomic mass is 9.98. The summed E-state index contributed by atoms with van der Waals surface area (Å²) < 4.78 is 14.6. The fourth-order valence-corrected chi connectivity index (χ4v) is 2.86. The SMILES string of the molecule is C=C(F)C(=O)N[C@H]1CC(=O)N(C)[C@@H]1c1c(C)nn(C)c1C. The molecular formula is C14H19FN4O2. The summed E-state index contributed by atoms with van der Waals surface area (Å²) in [5, 5.41) is 6.88. The summed E-state index contributed by atoms with van der Waals surface area (Å²) in [6.45, 7) is 6.73. The van der Waals surface area contributed by atoms with Crippen LogP contribution in [0.3, 0.4) is 0 Å². The first-order valence-electron chi connectivity index (χ1n) is 6.65. The number of carbonyl (C=O) groups excluding carboxylic acids is 2. The smallest absolute Gasteiger partial charge is 0.279 e. The fourth-order valence-electron chi connectivity index (χ4n) is 2.86. The molecule has 0 aromatic carbocycles. The molecule has 2 rings (SSSR count). The zero-order valence-electron chi connectivity index (χ0n) is 12.6. The normalized spacial score (nSPS) is 21.8. The van der Waals surface area contributed by atoms with Gasteiger partial charge in [-0.25, -0.2) is 4.39 Å². The van der Waals surface area contributed by atoms with Crippen molar-refractivity contribution in [3.63, 3.8) is 0 Å². The third-order valence-electron chi connectivity index (χ3n) is 4.01. The highest BCUT2D eigenvalue weighted by Crippen LogP contribution is 2.35.